The molecule has 6 nitrogen and oxygen atoms in total. The smallest absolute Gasteiger partial charge is 0.241 e. The van der Waals surface area contributed by atoms with Gasteiger partial charge >= 0.3 is 0 Å². The van der Waals surface area contributed by atoms with E-state index in [9.17, 15) is 8.42 Å². The van der Waals surface area contributed by atoms with Crippen molar-refractivity contribution in [3.8, 4) is 6.07 Å². The molecule has 0 bridgehead atoms. The van der Waals surface area contributed by atoms with Gasteiger partial charge in [0.2, 0.25) is 10.0 Å². The third kappa shape index (κ3) is 3.23. The lowest BCUT2D eigenvalue weighted by Gasteiger charge is -2.08. The van der Waals surface area contributed by atoms with Gasteiger partial charge in [0.25, 0.3) is 0 Å². The van der Waals surface area contributed by atoms with Crippen LogP contribution in [0, 0.1) is 11.3 Å². The quantitative estimate of drug-likeness (QED) is 0.775. The fraction of sp³-hybridized carbons (Fsp3) is 0.125. The summed E-state index contributed by atoms with van der Waals surface area (Å²) in [5.41, 5.74) is 2.50. The first-order valence-corrected chi connectivity index (χ1v) is 8.39. The Morgan fingerprint density at radius 3 is 2.87 bits per heavy atom. The van der Waals surface area contributed by atoms with Crippen LogP contribution in [0.15, 0.2) is 58.2 Å². The van der Waals surface area contributed by atoms with Crippen LogP contribution in [0.2, 0.25) is 0 Å². The van der Waals surface area contributed by atoms with E-state index in [1.54, 1.807) is 18.2 Å². The van der Waals surface area contributed by atoms with Gasteiger partial charge in [-0.3, -0.25) is 0 Å². The minimum Gasteiger partial charge on any atom is -0.443 e. The number of rotatable bonds is 5. The molecular formula is C16H13N3O3S. The fourth-order valence-corrected chi connectivity index (χ4v) is 3.45. The van der Waals surface area contributed by atoms with E-state index in [4.69, 9.17) is 9.68 Å². The number of hydrogen-bond acceptors (Lipinski definition) is 5. The van der Waals surface area contributed by atoms with Crippen molar-refractivity contribution >= 4 is 21.1 Å². The minimum atomic E-state index is -3.71. The highest BCUT2D eigenvalue weighted by atomic mass is 32.2. The summed E-state index contributed by atoms with van der Waals surface area (Å²) in [4.78, 5) is 4.06. The van der Waals surface area contributed by atoms with E-state index < -0.39 is 10.0 Å². The first-order chi connectivity index (χ1) is 11.1. The van der Waals surface area contributed by atoms with Crippen LogP contribution in [0.25, 0.3) is 11.1 Å². The summed E-state index contributed by atoms with van der Waals surface area (Å²) in [5.74, 6) is 0. The van der Waals surface area contributed by atoms with Crippen LogP contribution >= 0.6 is 0 Å². The van der Waals surface area contributed by atoms with E-state index in [2.05, 4.69) is 9.71 Å². The number of benzene rings is 2. The number of hydrogen-bond donors (Lipinski definition) is 1. The molecule has 0 saturated heterocycles. The molecule has 1 N–H and O–H groups in total. The van der Waals surface area contributed by atoms with Gasteiger partial charge in [0.05, 0.1) is 10.5 Å². The number of sulfonamides is 1. The average Bonchev–Trinajstić information content (AvgIpc) is 3.02. The molecule has 23 heavy (non-hydrogen) atoms. The first kappa shape index (κ1) is 15.2. The van der Waals surface area contributed by atoms with Crippen molar-refractivity contribution in [2.75, 3.05) is 6.54 Å². The van der Waals surface area contributed by atoms with E-state index in [1.807, 2.05) is 18.2 Å². The van der Waals surface area contributed by atoms with E-state index in [0.717, 1.165) is 11.1 Å². The molecule has 7 heteroatoms. The second kappa shape index (κ2) is 6.20. The van der Waals surface area contributed by atoms with Crippen LogP contribution in [0.4, 0.5) is 0 Å². The molecule has 3 aromatic rings. The van der Waals surface area contributed by atoms with Crippen LogP contribution < -0.4 is 4.72 Å². The number of oxazole rings is 1. The van der Waals surface area contributed by atoms with Crippen LogP contribution in [-0.4, -0.2) is 19.9 Å². The van der Waals surface area contributed by atoms with Gasteiger partial charge in [-0.2, -0.15) is 5.26 Å². The molecule has 0 atom stereocenters. The SMILES string of the molecule is N#Cc1ccccc1S(=O)(=O)NCCc1ccc2ocnc2c1. The van der Waals surface area contributed by atoms with Crippen LogP contribution in [-0.2, 0) is 16.4 Å². The van der Waals surface area contributed by atoms with Crippen molar-refractivity contribution < 1.29 is 12.8 Å². The minimum absolute atomic E-state index is 0.00514. The highest BCUT2D eigenvalue weighted by Gasteiger charge is 2.17. The molecule has 0 aliphatic rings. The molecule has 0 unspecified atom stereocenters. The topological polar surface area (TPSA) is 96.0 Å². The molecule has 3 rings (SSSR count). The van der Waals surface area contributed by atoms with Crippen molar-refractivity contribution in [1.82, 2.24) is 9.71 Å². The predicted molar refractivity (Wildman–Crippen MR) is 84.1 cm³/mol. The van der Waals surface area contributed by atoms with Gasteiger partial charge in [0.1, 0.15) is 11.6 Å². The number of fused-ring (bicyclic) bond motifs is 1. The van der Waals surface area contributed by atoms with Crippen LogP contribution in [0.3, 0.4) is 0 Å². The molecule has 1 aromatic heterocycles. The maximum Gasteiger partial charge on any atom is 0.241 e. The number of aromatic nitrogens is 1. The lowest BCUT2D eigenvalue weighted by Crippen LogP contribution is -2.26. The molecule has 2 aromatic carbocycles. The Bertz CT molecular complexity index is 987. The first-order valence-electron chi connectivity index (χ1n) is 6.91. The Kier molecular flexibility index (Phi) is 4.10. The summed E-state index contributed by atoms with van der Waals surface area (Å²) >= 11 is 0. The summed E-state index contributed by atoms with van der Waals surface area (Å²) in [6.45, 7) is 0.228. The molecule has 116 valence electrons. The van der Waals surface area contributed by atoms with Crippen molar-refractivity contribution in [2.24, 2.45) is 0 Å². The van der Waals surface area contributed by atoms with Gasteiger partial charge in [-0.1, -0.05) is 18.2 Å². The van der Waals surface area contributed by atoms with E-state index >= 15 is 0 Å². The molecule has 0 aliphatic carbocycles. The number of nitriles is 1. The Morgan fingerprint density at radius 2 is 2.04 bits per heavy atom. The van der Waals surface area contributed by atoms with Crippen LogP contribution in [0.5, 0.6) is 0 Å². The van der Waals surface area contributed by atoms with E-state index in [-0.39, 0.29) is 17.0 Å². The van der Waals surface area contributed by atoms with Gasteiger partial charge in [-0.05, 0) is 36.2 Å². The second-order valence-electron chi connectivity index (χ2n) is 4.91. The molecule has 0 fully saturated rings. The van der Waals surface area contributed by atoms with Gasteiger partial charge in [-0.25, -0.2) is 18.1 Å². The van der Waals surface area contributed by atoms with Crippen molar-refractivity contribution in [3.63, 3.8) is 0 Å². The lowest BCUT2D eigenvalue weighted by atomic mass is 10.1. The van der Waals surface area contributed by atoms with Crippen LogP contribution in [0.1, 0.15) is 11.1 Å². The molecule has 0 amide bonds. The van der Waals surface area contributed by atoms with E-state index in [1.165, 1.54) is 18.5 Å². The normalized spacial score (nSPS) is 11.4. The predicted octanol–water partition coefficient (Wildman–Crippen LogP) is 2.22. The Morgan fingerprint density at radius 1 is 1.22 bits per heavy atom. The highest BCUT2D eigenvalue weighted by Crippen LogP contribution is 2.16. The Hall–Kier alpha value is -2.69. The number of nitrogens with zero attached hydrogens (tertiary/aromatic N) is 2. The van der Waals surface area contributed by atoms with E-state index in [0.29, 0.717) is 12.0 Å². The second-order valence-corrected chi connectivity index (χ2v) is 6.65. The van der Waals surface area contributed by atoms with Gasteiger partial charge in [0, 0.05) is 6.54 Å². The fourth-order valence-electron chi connectivity index (χ4n) is 2.26. The molecule has 0 spiro atoms. The Balaban J connectivity index is 1.71. The monoisotopic (exact) mass is 327 g/mol. The standard InChI is InChI=1S/C16H13N3O3S/c17-10-13-3-1-2-4-16(13)23(20,21)19-8-7-12-5-6-15-14(9-12)18-11-22-15/h1-6,9,11,19H,7-8H2. The van der Waals surface area contributed by atoms with Gasteiger partial charge in [0.15, 0.2) is 12.0 Å². The summed E-state index contributed by atoms with van der Waals surface area (Å²) in [6, 6.07) is 13.5. The lowest BCUT2D eigenvalue weighted by molar-refractivity contribution is 0.581. The van der Waals surface area contributed by atoms with Crippen molar-refractivity contribution in [1.29, 1.82) is 5.26 Å². The maximum atomic E-state index is 12.3. The summed E-state index contributed by atoms with van der Waals surface area (Å²) in [6.07, 6.45) is 1.88. The maximum absolute atomic E-state index is 12.3. The average molecular weight is 327 g/mol. The molecule has 0 saturated carbocycles. The molecule has 0 radical (unpaired) electrons. The molecular weight excluding hydrogens is 314 g/mol. The highest BCUT2D eigenvalue weighted by molar-refractivity contribution is 7.89. The number of nitrogens with one attached hydrogen (secondary N) is 1. The largest absolute Gasteiger partial charge is 0.443 e. The summed E-state index contributed by atoms with van der Waals surface area (Å²) in [7, 11) is -3.71. The summed E-state index contributed by atoms with van der Waals surface area (Å²) < 4.78 is 32.2. The zero-order valence-electron chi connectivity index (χ0n) is 12.1. The van der Waals surface area contributed by atoms with Crippen molar-refractivity contribution in [2.45, 2.75) is 11.3 Å². The van der Waals surface area contributed by atoms with Gasteiger partial charge < -0.3 is 4.42 Å². The van der Waals surface area contributed by atoms with Gasteiger partial charge in [-0.15, -0.1) is 0 Å². The molecule has 0 aliphatic heterocycles. The Labute approximate surface area is 133 Å². The summed E-state index contributed by atoms with van der Waals surface area (Å²) in [5, 5.41) is 9.01. The zero-order valence-corrected chi connectivity index (χ0v) is 12.9. The zero-order chi connectivity index (χ0) is 16.3. The van der Waals surface area contributed by atoms with Crippen molar-refractivity contribution in [3.05, 3.63) is 60.0 Å². The molecule has 1 heterocycles. The third-order valence-corrected chi connectivity index (χ3v) is 4.92. The third-order valence-electron chi connectivity index (χ3n) is 3.40.